The summed E-state index contributed by atoms with van der Waals surface area (Å²) in [6.45, 7) is 1.35. The predicted molar refractivity (Wildman–Crippen MR) is 96.7 cm³/mol. The zero-order valence-corrected chi connectivity index (χ0v) is 14.8. The first-order valence-electron chi connectivity index (χ1n) is 8.61. The molecule has 2 heterocycles. The summed E-state index contributed by atoms with van der Waals surface area (Å²) >= 11 is 0. The van der Waals surface area contributed by atoms with Gasteiger partial charge in [0.05, 0.1) is 6.54 Å². The number of benzene rings is 1. The Morgan fingerprint density at radius 2 is 2.00 bits per heavy atom. The summed E-state index contributed by atoms with van der Waals surface area (Å²) in [6, 6.07) is 13.8. The second-order valence-corrected chi connectivity index (χ2v) is 6.48. The van der Waals surface area contributed by atoms with Gasteiger partial charge >= 0.3 is 0 Å². The van der Waals surface area contributed by atoms with Crippen molar-refractivity contribution in [3.05, 3.63) is 48.0 Å². The Hall–Kier alpha value is -2.63. The second-order valence-electron chi connectivity index (χ2n) is 6.48. The molecule has 0 spiro atoms. The minimum Gasteiger partial charge on any atom is -0.471 e. The average Bonchev–Trinajstić information content (AvgIpc) is 3.09. The van der Waals surface area contributed by atoms with E-state index in [-0.39, 0.29) is 12.0 Å². The van der Waals surface area contributed by atoms with E-state index in [4.69, 9.17) is 4.74 Å². The highest BCUT2D eigenvalue weighted by atomic mass is 16.5. The molecule has 1 aliphatic heterocycles. The molecule has 1 fully saturated rings. The lowest BCUT2D eigenvalue weighted by atomic mass is 10.1. The SMILES string of the molecule is CN(C)c1ccc(OC2CCN(C(=O)CCc3ccccc3)C2)nn1. The van der Waals surface area contributed by atoms with Crippen molar-refractivity contribution in [2.75, 3.05) is 32.1 Å². The predicted octanol–water partition coefficient (Wildman–Crippen LogP) is 2.16. The van der Waals surface area contributed by atoms with Gasteiger partial charge in [0, 0.05) is 39.5 Å². The zero-order valence-electron chi connectivity index (χ0n) is 14.8. The lowest BCUT2D eigenvalue weighted by Crippen LogP contribution is -2.31. The Morgan fingerprint density at radius 3 is 2.68 bits per heavy atom. The number of carbonyl (C=O) groups excluding carboxylic acids is 1. The maximum Gasteiger partial charge on any atom is 0.233 e. The Kier molecular flexibility index (Phi) is 5.48. The van der Waals surface area contributed by atoms with Crippen LogP contribution >= 0.6 is 0 Å². The highest BCUT2D eigenvalue weighted by Crippen LogP contribution is 2.18. The molecule has 132 valence electrons. The second kappa shape index (κ2) is 7.96. The molecule has 6 nitrogen and oxygen atoms in total. The number of anilines is 1. The fourth-order valence-corrected chi connectivity index (χ4v) is 2.89. The summed E-state index contributed by atoms with van der Waals surface area (Å²) in [5.74, 6) is 1.48. The number of aryl methyl sites for hydroxylation is 1. The van der Waals surface area contributed by atoms with Gasteiger partial charge in [-0.3, -0.25) is 4.79 Å². The van der Waals surface area contributed by atoms with E-state index in [9.17, 15) is 4.79 Å². The molecule has 6 heteroatoms. The van der Waals surface area contributed by atoms with Gasteiger partial charge in [0.1, 0.15) is 6.10 Å². The molecule has 0 N–H and O–H groups in total. The molecular weight excluding hydrogens is 316 g/mol. The van der Waals surface area contributed by atoms with E-state index >= 15 is 0 Å². The van der Waals surface area contributed by atoms with Crippen molar-refractivity contribution in [2.45, 2.75) is 25.4 Å². The van der Waals surface area contributed by atoms with Gasteiger partial charge in [0.15, 0.2) is 5.82 Å². The first-order chi connectivity index (χ1) is 12.1. The molecule has 1 aromatic carbocycles. The third kappa shape index (κ3) is 4.68. The minimum absolute atomic E-state index is 0.0137. The molecule has 2 aromatic rings. The summed E-state index contributed by atoms with van der Waals surface area (Å²) in [5, 5.41) is 8.20. The van der Waals surface area contributed by atoms with Gasteiger partial charge in [-0.2, -0.15) is 0 Å². The van der Waals surface area contributed by atoms with Gasteiger partial charge in [-0.25, -0.2) is 0 Å². The molecule has 0 aliphatic carbocycles. The number of amides is 1. The number of aromatic nitrogens is 2. The van der Waals surface area contributed by atoms with Crippen LogP contribution in [0.15, 0.2) is 42.5 Å². The van der Waals surface area contributed by atoms with E-state index in [0.717, 1.165) is 25.2 Å². The fourth-order valence-electron chi connectivity index (χ4n) is 2.89. The number of hydrogen-bond donors (Lipinski definition) is 0. The van der Waals surface area contributed by atoms with Crippen molar-refractivity contribution in [3.8, 4) is 5.88 Å². The number of rotatable bonds is 6. The van der Waals surface area contributed by atoms with Gasteiger partial charge in [0.25, 0.3) is 0 Å². The maximum atomic E-state index is 12.4. The van der Waals surface area contributed by atoms with Crippen LogP contribution in [0.4, 0.5) is 5.82 Å². The van der Waals surface area contributed by atoms with E-state index < -0.39 is 0 Å². The number of nitrogens with zero attached hydrogens (tertiary/aromatic N) is 4. The topological polar surface area (TPSA) is 58.6 Å². The fraction of sp³-hybridized carbons (Fsp3) is 0.421. The summed E-state index contributed by atoms with van der Waals surface area (Å²) in [6.07, 6.45) is 2.13. The van der Waals surface area contributed by atoms with Crippen molar-refractivity contribution in [1.29, 1.82) is 0 Å². The zero-order chi connectivity index (χ0) is 17.6. The first kappa shape index (κ1) is 17.2. The molecule has 1 amide bonds. The highest BCUT2D eigenvalue weighted by molar-refractivity contribution is 5.76. The molecule has 1 aromatic heterocycles. The van der Waals surface area contributed by atoms with Gasteiger partial charge in [-0.1, -0.05) is 30.3 Å². The van der Waals surface area contributed by atoms with Crippen LogP contribution < -0.4 is 9.64 Å². The normalized spacial score (nSPS) is 16.7. The van der Waals surface area contributed by atoms with Crippen LogP contribution in [0.5, 0.6) is 5.88 Å². The van der Waals surface area contributed by atoms with Gasteiger partial charge in [-0.05, 0) is 18.1 Å². The third-order valence-electron chi connectivity index (χ3n) is 4.34. The first-order valence-corrected chi connectivity index (χ1v) is 8.61. The van der Waals surface area contributed by atoms with Crippen LogP contribution in [0.25, 0.3) is 0 Å². The molecule has 1 aliphatic rings. The number of hydrogen-bond acceptors (Lipinski definition) is 5. The van der Waals surface area contributed by atoms with Crippen molar-refractivity contribution >= 4 is 11.7 Å². The quantitative estimate of drug-likeness (QED) is 0.806. The van der Waals surface area contributed by atoms with Crippen LogP contribution in [-0.2, 0) is 11.2 Å². The van der Waals surface area contributed by atoms with Gasteiger partial charge < -0.3 is 14.5 Å². The third-order valence-corrected chi connectivity index (χ3v) is 4.34. The Bertz CT molecular complexity index is 688. The van der Waals surface area contributed by atoms with Crippen molar-refractivity contribution in [1.82, 2.24) is 15.1 Å². The molecule has 25 heavy (non-hydrogen) atoms. The largest absolute Gasteiger partial charge is 0.471 e. The molecule has 1 saturated heterocycles. The lowest BCUT2D eigenvalue weighted by molar-refractivity contribution is -0.130. The van der Waals surface area contributed by atoms with Crippen molar-refractivity contribution < 1.29 is 9.53 Å². The van der Waals surface area contributed by atoms with Gasteiger partial charge in [-0.15, -0.1) is 10.2 Å². The lowest BCUT2D eigenvalue weighted by Gasteiger charge is -2.17. The summed E-state index contributed by atoms with van der Waals surface area (Å²) in [5.41, 5.74) is 1.19. The molecule has 1 unspecified atom stereocenters. The van der Waals surface area contributed by atoms with Crippen LogP contribution in [-0.4, -0.2) is 54.3 Å². The van der Waals surface area contributed by atoms with Crippen LogP contribution in [0, 0.1) is 0 Å². The van der Waals surface area contributed by atoms with E-state index in [1.54, 1.807) is 0 Å². The van der Waals surface area contributed by atoms with Crippen LogP contribution in [0.2, 0.25) is 0 Å². The summed E-state index contributed by atoms with van der Waals surface area (Å²) in [4.78, 5) is 16.1. The van der Waals surface area contributed by atoms with E-state index in [1.165, 1.54) is 5.56 Å². The van der Waals surface area contributed by atoms with Crippen LogP contribution in [0.3, 0.4) is 0 Å². The average molecular weight is 340 g/mol. The minimum atomic E-state index is -0.0137. The molecule has 0 radical (unpaired) electrons. The van der Waals surface area contributed by atoms with Crippen molar-refractivity contribution in [3.63, 3.8) is 0 Å². The summed E-state index contributed by atoms with van der Waals surface area (Å²) in [7, 11) is 3.83. The van der Waals surface area contributed by atoms with Crippen molar-refractivity contribution in [2.24, 2.45) is 0 Å². The maximum absolute atomic E-state index is 12.4. The Balaban J connectivity index is 1.47. The summed E-state index contributed by atoms with van der Waals surface area (Å²) < 4.78 is 5.87. The Labute approximate surface area is 148 Å². The molecular formula is C19H24N4O2. The smallest absolute Gasteiger partial charge is 0.233 e. The van der Waals surface area contributed by atoms with E-state index in [0.29, 0.717) is 18.8 Å². The number of likely N-dealkylation sites (tertiary alicyclic amines) is 1. The molecule has 1 atom stereocenters. The van der Waals surface area contributed by atoms with E-state index in [2.05, 4.69) is 22.3 Å². The van der Waals surface area contributed by atoms with Crippen LogP contribution in [0.1, 0.15) is 18.4 Å². The van der Waals surface area contributed by atoms with Gasteiger partial charge in [0.2, 0.25) is 11.8 Å². The number of ether oxygens (including phenoxy) is 1. The Morgan fingerprint density at radius 1 is 1.20 bits per heavy atom. The monoisotopic (exact) mass is 340 g/mol. The highest BCUT2D eigenvalue weighted by Gasteiger charge is 2.27. The standard InChI is InChI=1S/C19H24N4O2/c1-22(2)17-9-10-18(21-20-17)25-16-12-13-23(14-16)19(24)11-8-15-6-4-3-5-7-15/h3-7,9-10,16H,8,11-14H2,1-2H3. The molecule has 0 bridgehead atoms. The molecule has 0 saturated carbocycles. The van der Waals surface area contributed by atoms with E-state index in [1.807, 2.05) is 54.2 Å². The number of carbonyl (C=O) groups is 1. The molecule has 3 rings (SSSR count).